The molecule has 7 nitrogen and oxygen atoms in total. The molecule has 1 aromatic heterocycles. The lowest BCUT2D eigenvalue weighted by molar-refractivity contribution is 0.102. The smallest absolute Gasteiger partial charge is 0.261 e. The number of nitrogens with one attached hydrogen (secondary N) is 1. The van der Waals surface area contributed by atoms with Crippen LogP contribution in [0.3, 0.4) is 0 Å². The van der Waals surface area contributed by atoms with Crippen LogP contribution in [0, 0.1) is 0 Å². The minimum absolute atomic E-state index is 0.133. The van der Waals surface area contributed by atoms with E-state index in [0.29, 0.717) is 11.3 Å². The number of hydrogen-bond donors (Lipinski definition) is 1. The molecule has 0 fully saturated rings. The lowest BCUT2D eigenvalue weighted by atomic mass is 10.2. The quantitative estimate of drug-likeness (QED) is 0.861. The van der Waals surface area contributed by atoms with Crippen LogP contribution in [0.1, 0.15) is 10.4 Å². The van der Waals surface area contributed by atoms with Crippen LogP contribution in [-0.4, -0.2) is 31.2 Å². The van der Waals surface area contributed by atoms with E-state index in [1.165, 1.54) is 42.4 Å². The van der Waals surface area contributed by atoms with E-state index >= 15 is 0 Å². The van der Waals surface area contributed by atoms with Crippen molar-refractivity contribution in [2.75, 3.05) is 12.4 Å². The molecule has 1 aromatic carbocycles. The average Bonchev–Trinajstić information content (AvgIpc) is 2.84. The van der Waals surface area contributed by atoms with E-state index in [1.54, 1.807) is 7.05 Å². The molecule has 0 atom stereocenters. The minimum atomic E-state index is -3.90. The zero-order chi connectivity index (χ0) is 15.6. The van der Waals surface area contributed by atoms with Gasteiger partial charge in [-0.15, -0.1) is 0 Å². The van der Waals surface area contributed by atoms with Crippen molar-refractivity contribution in [3.05, 3.63) is 36.2 Å². The van der Waals surface area contributed by atoms with Crippen molar-refractivity contribution in [3.8, 4) is 5.75 Å². The highest BCUT2D eigenvalue weighted by Crippen LogP contribution is 2.29. The molecule has 2 rings (SSSR count). The molecule has 0 aliphatic heterocycles. The second kappa shape index (κ2) is 5.74. The number of methoxy groups -OCH3 is 1. The molecular formula is C12H12ClN3O4S. The van der Waals surface area contributed by atoms with E-state index in [9.17, 15) is 13.2 Å². The molecule has 0 unspecified atom stereocenters. The summed E-state index contributed by atoms with van der Waals surface area (Å²) in [5, 5.41) is 6.45. The Kier molecular flexibility index (Phi) is 4.19. The second-order valence-electron chi connectivity index (χ2n) is 4.16. The van der Waals surface area contributed by atoms with Crippen molar-refractivity contribution in [1.29, 1.82) is 0 Å². The van der Waals surface area contributed by atoms with E-state index in [-0.39, 0.29) is 10.6 Å². The van der Waals surface area contributed by atoms with Gasteiger partial charge in [0.1, 0.15) is 5.75 Å². The lowest BCUT2D eigenvalue weighted by Gasteiger charge is -2.10. The topological polar surface area (TPSA) is 90.3 Å². The summed E-state index contributed by atoms with van der Waals surface area (Å²) in [4.78, 5) is 11.9. The van der Waals surface area contributed by atoms with Crippen LogP contribution in [0.4, 0.5) is 5.69 Å². The van der Waals surface area contributed by atoms with Crippen molar-refractivity contribution in [2.45, 2.75) is 4.90 Å². The molecule has 21 heavy (non-hydrogen) atoms. The number of amides is 1. The Morgan fingerprint density at radius 2 is 2.14 bits per heavy atom. The van der Waals surface area contributed by atoms with Gasteiger partial charge in [-0.1, -0.05) is 0 Å². The van der Waals surface area contributed by atoms with Crippen molar-refractivity contribution in [3.63, 3.8) is 0 Å². The Balaban J connectivity index is 2.36. The number of ether oxygens (including phenoxy) is 1. The number of hydrogen-bond acceptors (Lipinski definition) is 5. The zero-order valence-electron chi connectivity index (χ0n) is 11.2. The maximum Gasteiger partial charge on any atom is 0.261 e. The first-order chi connectivity index (χ1) is 9.81. The Morgan fingerprint density at radius 3 is 2.67 bits per heavy atom. The van der Waals surface area contributed by atoms with Crippen LogP contribution >= 0.6 is 10.7 Å². The molecule has 0 aliphatic rings. The molecule has 0 aliphatic carbocycles. The maximum absolute atomic E-state index is 12.1. The summed E-state index contributed by atoms with van der Waals surface area (Å²) < 4.78 is 29.2. The van der Waals surface area contributed by atoms with Crippen molar-refractivity contribution >= 4 is 31.3 Å². The highest BCUT2D eigenvalue weighted by atomic mass is 35.7. The monoisotopic (exact) mass is 329 g/mol. The highest BCUT2D eigenvalue weighted by molar-refractivity contribution is 8.13. The summed E-state index contributed by atoms with van der Waals surface area (Å²) in [6.07, 6.45) is 2.92. The van der Waals surface area contributed by atoms with Gasteiger partial charge in [0, 0.05) is 23.9 Å². The van der Waals surface area contributed by atoms with Gasteiger partial charge in [0.25, 0.3) is 15.0 Å². The lowest BCUT2D eigenvalue weighted by Crippen LogP contribution is -2.12. The normalized spacial score (nSPS) is 11.2. The Bertz CT molecular complexity index is 786. The molecule has 0 bridgehead atoms. The van der Waals surface area contributed by atoms with E-state index in [1.807, 2.05) is 0 Å². The van der Waals surface area contributed by atoms with E-state index in [2.05, 4.69) is 10.4 Å². The number of aryl methyl sites for hydroxylation is 1. The predicted octanol–water partition coefficient (Wildman–Crippen LogP) is 1.61. The van der Waals surface area contributed by atoms with Crippen LogP contribution in [-0.2, 0) is 16.1 Å². The number of carbonyl (C=O) groups excluding carboxylic acids is 1. The summed E-state index contributed by atoms with van der Waals surface area (Å²) in [5.74, 6) is -0.123. The van der Waals surface area contributed by atoms with Crippen LogP contribution in [0.15, 0.2) is 35.5 Å². The third kappa shape index (κ3) is 3.53. The average molecular weight is 330 g/mol. The first-order valence-corrected chi connectivity index (χ1v) is 8.05. The van der Waals surface area contributed by atoms with Crippen LogP contribution in [0.2, 0.25) is 0 Å². The maximum atomic E-state index is 12.1. The van der Waals surface area contributed by atoms with Gasteiger partial charge in [-0.05, 0) is 18.2 Å². The summed E-state index contributed by atoms with van der Waals surface area (Å²) in [7, 11) is 4.48. The third-order valence-electron chi connectivity index (χ3n) is 2.67. The minimum Gasteiger partial charge on any atom is -0.495 e. The molecule has 1 amide bonds. The number of rotatable bonds is 4. The first-order valence-electron chi connectivity index (χ1n) is 5.74. The molecule has 0 saturated heterocycles. The fourth-order valence-electron chi connectivity index (χ4n) is 1.67. The van der Waals surface area contributed by atoms with E-state index in [0.717, 1.165) is 0 Å². The van der Waals surface area contributed by atoms with Gasteiger partial charge >= 0.3 is 0 Å². The highest BCUT2D eigenvalue weighted by Gasteiger charge is 2.16. The number of anilines is 1. The van der Waals surface area contributed by atoms with Gasteiger partial charge < -0.3 is 10.1 Å². The molecule has 112 valence electrons. The predicted molar refractivity (Wildman–Crippen MR) is 77.2 cm³/mol. The first kappa shape index (κ1) is 15.3. The standard InChI is InChI=1S/C12H12ClN3O4S/c1-16-7-8(6-14-16)12(17)15-10-5-9(21(13,18)19)3-4-11(10)20-2/h3-7H,1-2H3,(H,15,17). The number of carbonyl (C=O) groups is 1. The van der Waals surface area contributed by atoms with Gasteiger partial charge in [-0.3, -0.25) is 9.48 Å². The SMILES string of the molecule is COc1ccc(S(=O)(=O)Cl)cc1NC(=O)c1cnn(C)c1. The Labute approximate surface area is 125 Å². The van der Waals surface area contributed by atoms with E-state index < -0.39 is 15.0 Å². The van der Waals surface area contributed by atoms with Gasteiger partial charge in [0.05, 0.1) is 29.5 Å². The van der Waals surface area contributed by atoms with Crippen molar-refractivity contribution in [1.82, 2.24) is 9.78 Å². The summed E-state index contributed by atoms with van der Waals surface area (Å²) in [5.41, 5.74) is 0.534. The number of halogens is 1. The fraction of sp³-hybridized carbons (Fsp3) is 0.167. The van der Waals surface area contributed by atoms with Gasteiger partial charge in [0.15, 0.2) is 0 Å². The summed E-state index contributed by atoms with van der Waals surface area (Å²) in [6.45, 7) is 0. The largest absolute Gasteiger partial charge is 0.495 e. The third-order valence-corrected chi connectivity index (χ3v) is 4.02. The second-order valence-corrected chi connectivity index (χ2v) is 6.72. The van der Waals surface area contributed by atoms with Crippen molar-refractivity contribution in [2.24, 2.45) is 7.05 Å². The molecular weight excluding hydrogens is 318 g/mol. The van der Waals surface area contributed by atoms with Gasteiger partial charge in [0.2, 0.25) is 0 Å². The molecule has 9 heteroatoms. The molecule has 0 spiro atoms. The number of nitrogens with zero attached hydrogens (tertiary/aromatic N) is 2. The number of benzene rings is 1. The molecule has 0 saturated carbocycles. The summed E-state index contributed by atoms with van der Waals surface area (Å²) in [6, 6.07) is 3.93. The van der Waals surface area contributed by atoms with Crippen LogP contribution in [0.5, 0.6) is 5.75 Å². The Hall–Kier alpha value is -2.06. The Morgan fingerprint density at radius 1 is 1.43 bits per heavy atom. The molecule has 0 radical (unpaired) electrons. The van der Waals surface area contributed by atoms with Gasteiger partial charge in [-0.2, -0.15) is 5.10 Å². The molecule has 2 aromatic rings. The van der Waals surface area contributed by atoms with E-state index in [4.69, 9.17) is 15.4 Å². The summed E-state index contributed by atoms with van der Waals surface area (Å²) >= 11 is 0. The number of aromatic nitrogens is 2. The molecule has 1 heterocycles. The van der Waals surface area contributed by atoms with Crippen LogP contribution < -0.4 is 10.1 Å². The molecule has 1 N–H and O–H groups in total. The fourth-order valence-corrected chi connectivity index (χ4v) is 2.45. The van der Waals surface area contributed by atoms with Gasteiger partial charge in [-0.25, -0.2) is 8.42 Å². The van der Waals surface area contributed by atoms with Crippen LogP contribution in [0.25, 0.3) is 0 Å². The zero-order valence-corrected chi connectivity index (χ0v) is 12.8. The van der Waals surface area contributed by atoms with Crippen molar-refractivity contribution < 1.29 is 17.9 Å².